The summed E-state index contributed by atoms with van der Waals surface area (Å²) in [6.07, 6.45) is 9.29. The average molecular weight is 171 g/mol. The minimum atomic E-state index is 0. The van der Waals surface area contributed by atoms with Gasteiger partial charge in [-0.05, 0) is 24.8 Å². The molecular formula is C11H25N. The van der Waals surface area contributed by atoms with Gasteiger partial charge in [0.05, 0.1) is 0 Å². The van der Waals surface area contributed by atoms with Crippen molar-refractivity contribution in [1.29, 1.82) is 0 Å². The third-order valence-electron chi connectivity index (χ3n) is 2.15. The van der Waals surface area contributed by atoms with Crippen LogP contribution in [0.15, 0.2) is 23.3 Å². The van der Waals surface area contributed by atoms with Crippen LogP contribution in [0, 0.1) is 0 Å². The molecule has 0 unspecified atom stereocenters. The Kier molecular flexibility index (Phi) is 5.73. The smallest absolute Gasteiger partial charge is 0.0142 e. The molecule has 0 radical (unpaired) electrons. The first-order valence-corrected chi connectivity index (χ1v) is 4.46. The van der Waals surface area contributed by atoms with Gasteiger partial charge in [-0.1, -0.05) is 38.5 Å². The maximum atomic E-state index is 5.63. The van der Waals surface area contributed by atoms with Crippen molar-refractivity contribution < 1.29 is 2.85 Å². The maximum absolute atomic E-state index is 5.63. The number of rotatable bonds is 3. The van der Waals surface area contributed by atoms with Gasteiger partial charge in [0.2, 0.25) is 0 Å². The van der Waals surface area contributed by atoms with Crippen LogP contribution in [0.25, 0.3) is 0 Å². The van der Waals surface area contributed by atoms with Crippen LogP contribution in [0.1, 0.15) is 42.9 Å². The third kappa shape index (κ3) is 2.82. The van der Waals surface area contributed by atoms with Gasteiger partial charge in [-0.25, -0.2) is 0 Å². The summed E-state index contributed by atoms with van der Waals surface area (Å²) < 4.78 is 0. The monoisotopic (exact) mass is 171 g/mol. The Morgan fingerprint density at radius 2 is 2.33 bits per heavy atom. The lowest BCUT2D eigenvalue weighted by atomic mass is 9.95. The highest BCUT2D eigenvalue weighted by molar-refractivity contribution is 5.30. The molecule has 0 bridgehead atoms. The van der Waals surface area contributed by atoms with Gasteiger partial charge in [0.1, 0.15) is 0 Å². The van der Waals surface area contributed by atoms with Crippen molar-refractivity contribution in [3.05, 3.63) is 23.3 Å². The minimum absolute atomic E-state index is 0. The Balaban J connectivity index is -0.000000403. The standard InChI is InChI=1S/C10H17N.CH4.2H2/c1-2-5-9-6-3-4-7-10(9)8-11;;;/h3,6H,2,4-5,7-8,11H2,1H3;1H4;2*1H. The van der Waals surface area contributed by atoms with Crippen LogP contribution >= 0.6 is 0 Å². The molecule has 0 saturated heterocycles. The highest BCUT2D eigenvalue weighted by Crippen LogP contribution is 2.21. The predicted molar refractivity (Wildman–Crippen MR) is 60.3 cm³/mol. The van der Waals surface area contributed by atoms with E-state index in [1.165, 1.54) is 36.8 Å². The molecule has 1 aliphatic rings. The molecule has 0 atom stereocenters. The van der Waals surface area contributed by atoms with Crippen molar-refractivity contribution >= 4 is 0 Å². The Morgan fingerprint density at radius 1 is 1.58 bits per heavy atom. The van der Waals surface area contributed by atoms with Crippen molar-refractivity contribution in [2.24, 2.45) is 5.73 Å². The first kappa shape index (κ1) is 11.4. The van der Waals surface area contributed by atoms with Crippen molar-refractivity contribution in [3.63, 3.8) is 0 Å². The summed E-state index contributed by atoms with van der Waals surface area (Å²) in [6.45, 7) is 2.96. The van der Waals surface area contributed by atoms with E-state index in [1.807, 2.05) is 0 Å². The van der Waals surface area contributed by atoms with Crippen molar-refractivity contribution in [2.75, 3.05) is 6.54 Å². The number of nitrogens with two attached hydrogens (primary N) is 1. The molecule has 0 heterocycles. The summed E-state index contributed by atoms with van der Waals surface area (Å²) in [4.78, 5) is 0. The average Bonchev–Trinajstić information content (AvgIpc) is 2.06. The Morgan fingerprint density at radius 3 is 2.92 bits per heavy atom. The molecule has 1 nitrogen and oxygen atoms in total. The van der Waals surface area contributed by atoms with Gasteiger partial charge < -0.3 is 5.73 Å². The summed E-state index contributed by atoms with van der Waals surface area (Å²) in [5, 5.41) is 0. The summed E-state index contributed by atoms with van der Waals surface area (Å²) in [7, 11) is 0. The topological polar surface area (TPSA) is 26.0 Å². The number of allylic oxidation sites excluding steroid dienone is 3. The van der Waals surface area contributed by atoms with Gasteiger partial charge in [-0.15, -0.1) is 0 Å². The van der Waals surface area contributed by atoms with Crippen LogP contribution < -0.4 is 5.73 Å². The van der Waals surface area contributed by atoms with E-state index in [4.69, 9.17) is 5.73 Å². The van der Waals surface area contributed by atoms with Crippen LogP contribution in [0.4, 0.5) is 0 Å². The molecule has 0 saturated carbocycles. The molecule has 2 N–H and O–H groups in total. The molecule has 1 heteroatoms. The zero-order valence-electron chi connectivity index (χ0n) is 7.27. The van der Waals surface area contributed by atoms with Gasteiger partial charge in [-0.3, -0.25) is 0 Å². The van der Waals surface area contributed by atoms with E-state index < -0.39 is 0 Å². The molecule has 0 fully saturated rings. The fourth-order valence-corrected chi connectivity index (χ4v) is 1.52. The first-order chi connectivity index (χ1) is 5.38. The molecular weight excluding hydrogens is 146 g/mol. The lowest BCUT2D eigenvalue weighted by Crippen LogP contribution is -2.07. The molecule has 12 heavy (non-hydrogen) atoms. The van der Waals surface area contributed by atoms with E-state index in [-0.39, 0.29) is 10.3 Å². The lowest BCUT2D eigenvalue weighted by Gasteiger charge is -2.13. The van der Waals surface area contributed by atoms with Gasteiger partial charge >= 0.3 is 0 Å². The van der Waals surface area contributed by atoms with E-state index in [9.17, 15) is 0 Å². The van der Waals surface area contributed by atoms with E-state index in [2.05, 4.69) is 19.1 Å². The quantitative estimate of drug-likeness (QED) is 0.691. The molecule has 0 aliphatic heterocycles. The summed E-state index contributed by atoms with van der Waals surface area (Å²) in [5.74, 6) is 0. The molecule has 1 rings (SSSR count). The highest BCUT2D eigenvalue weighted by Gasteiger charge is 2.04. The van der Waals surface area contributed by atoms with Crippen LogP contribution in [0.2, 0.25) is 0 Å². The minimum Gasteiger partial charge on any atom is -0.327 e. The maximum Gasteiger partial charge on any atom is 0.0142 e. The Hall–Kier alpha value is -0.560. The van der Waals surface area contributed by atoms with Crippen molar-refractivity contribution in [2.45, 2.75) is 40.0 Å². The normalized spacial score (nSPS) is 16.2. The second-order valence-electron chi connectivity index (χ2n) is 3.02. The van der Waals surface area contributed by atoms with Crippen LogP contribution in [-0.4, -0.2) is 6.54 Å². The SMILES string of the molecule is C.CCCC1=C(CN)CCC=C1.[HH].[HH]. The van der Waals surface area contributed by atoms with Crippen molar-refractivity contribution in [1.82, 2.24) is 0 Å². The highest BCUT2D eigenvalue weighted by atomic mass is 14.5. The first-order valence-electron chi connectivity index (χ1n) is 4.46. The second-order valence-corrected chi connectivity index (χ2v) is 3.02. The summed E-state index contributed by atoms with van der Waals surface area (Å²) in [5.41, 5.74) is 8.59. The molecule has 0 aromatic heterocycles. The molecule has 0 aromatic rings. The number of hydrogen-bond acceptors (Lipinski definition) is 1. The van der Waals surface area contributed by atoms with Gasteiger partial charge in [-0.2, -0.15) is 0 Å². The molecule has 1 aliphatic carbocycles. The molecule has 0 amide bonds. The summed E-state index contributed by atoms with van der Waals surface area (Å²) >= 11 is 0. The molecule has 0 spiro atoms. The predicted octanol–water partition coefficient (Wildman–Crippen LogP) is 3.52. The van der Waals surface area contributed by atoms with E-state index in [1.54, 1.807) is 0 Å². The molecule has 74 valence electrons. The zero-order chi connectivity index (χ0) is 8.10. The zero-order valence-corrected chi connectivity index (χ0v) is 7.27. The van der Waals surface area contributed by atoms with Gasteiger partial charge in [0.15, 0.2) is 0 Å². The van der Waals surface area contributed by atoms with Crippen molar-refractivity contribution in [3.8, 4) is 0 Å². The van der Waals surface area contributed by atoms with E-state index in [0.29, 0.717) is 0 Å². The van der Waals surface area contributed by atoms with Gasteiger partial charge in [0, 0.05) is 9.40 Å². The largest absolute Gasteiger partial charge is 0.327 e. The Bertz CT molecular complexity index is 186. The lowest BCUT2D eigenvalue weighted by molar-refractivity contribution is 0.836. The van der Waals surface area contributed by atoms with Crippen LogP contribution in [0.3, 0.4) is 0 Å². The third-order valence-corrected chi connectivity index (χ3v) is 2.15. The van der Waals surface area contributed by atoms with Crippen LogP contribution in [0.5, 0.6) is 0 Å². The van der Waals surface area contributed by atoms with Gasteiger partial charge in [0.25, 0.3) is 0 Å². The molecule has 0 aromatic carbocycles. The van der Waals surface area contributed by atoms with Crippen LogP contribution in [-0.2, 0) is 0 Å². The number of hydrogen-bond donors (Lipinski definition) is 1. The summed E-state index contributed by atoms with van der Waals surface area (Å²) in [6, 6.07) is 0. The Labute approximate surface area is 79.3 Å². The second kappa shape index (κ2) is 6.01. The van der Waals surface area contributed by atoms with E-state index >= 15 is 0 Å². The fraction of sp³-hybridized carbons (Fsp3) is 0.636. The van der Waals surface area contributed by atoms with E-state index in [0.717, 1.165) is 6.54 Å². The fourth-order valence-electron chi connectivity index (χ4n) is 1.52.